The van der Waals surface area contributed by atoms with Gasteiger partial charge in [-0.2, -0.15) is 0 Å². The van der Waals surface area contributed by atoms with Gasteiger partial charge in [0.1, 0.15) is 5.60 Å². The van der Waals surface area contributed by atoms with Crippen LogP contribution in [0.15, 0.2) is 89.2 Å². The van der Waals surface area contributed by atoms with E-state index in [0.29, 0.717) is 37.6 Å². The van der Waals surface area contributed by atoms with Crippen molar-refractivity contribution in [1.82, 2.24) is 10.2 Å². The molecular formula is C42H63N3O4. The van der Waals surface area contributed by atoms with Crippen molar-refractivity contribution >= 4 is 17.7 Å². The van der Waals surface area contributed by atoms with E-state index in [4.69, 9.17) is 9.47 Å². The van der Waals surface area contributed by atoms with E-state index in [2.05, 4.69) is 70.3 Å². The Hall–Kier alpha value is -3.84. The third-order valence-electron chi connectivity index (χ3n) is 8.56. The number of hydrogen-bond donors (Lipinski definition) is 1. The Labute approximate surface area is 297 Å². The lowest BCUT2D eigenvalue weighted by Gasteiger charge is -2.27. The van der Waals surface area contributed by atoms with Gasteiger partial charge in [-0.3, -0.25) is 4.79 Å². The number of allylic oxidation sites excluding steroid dienone is 4. The number of nitrogens with zero attached hydrogens (tertiary/aromatic N) is 2. The van der Waals surface area contributed by atoms with Crippen LogP contribution in [0.2, 0.25) is 0 Å². The number of ether oxygens (including phenoxy) is 2. The van der Waals surface area contributed by atoms with Gasteiger partial charge in [-0.15, -0.1) is 0 Å². The zero-order valence-electron chi connectivity index (χ0n) is 32.2. The van der Waals surface area contributed by atoms with Crippen LogP contribution in [0.3, 0.4) is 0 Å². The molecule has 1 N–H and O–H groups in total. The van der Waals surface area contributed by atoms with E-state index >= 15 is 0 Å². The highest BCUT2D eigenvalue weighted by Crippen LogP contribution is 2.27. The predicted molar refractivity (Wildman–Crippen MR) is 205 cm³/mol. The molecule has 0 fully saturated rings. The minimum Gasteiger partial charge on any atom is -0.444 e. The highest BCUT2D eigenvalue weighted by Gasteiger charge is 2.23. The van der Waals surface area contributed by atoms with Crippen LogP contribution in [0.25, 0.3) is 0 Å². The number of rotatable bonds is 18. The summed E-state index contributed by atoms with van der Waals surface area (Å²) in [5.41, 5.74) is 6.16. The number of benzene rings is 2. The maximum Gasteiger partial charge on any atom is 0.410 e. The summed E-state index contributed by atoms with van der Waals surface area (Å²) in [4.78, 5) is 30.7. The van der Waals surface area contributed by atoms with Gasteiger partial charge in [0, 0.05) is 43.6 Å². The van der Waals surface area contributed by atoms with E-state index in [1.807, 2.05) is 75.9 Å². The summed E-state index contributed by atoms with van der Waals surface area (Å²) in [5.74, 6) is 0.490. The Bertz CT molecular complexity index is 1420. The Morgan fingerprint density at radius 1 is 0.918 bits per heavy atom. The molecule has 2 rings (SSSR count). The molecule has 2 unspecified atom stereocenters. The first-order valence-electron chi connectivity index (χ1n) is 18.0. The first kappa shape index (κ1) is 41.3. The second-order valence-electron chi connectivity index (χ2n) is 14.1. The highest BCUT2D eigenvalue weighted by atomic mass is 16.6. The van der Waals surface area contributed by atoms with Crippen molar-refractivity contribution in [1.29, 1.82) is 0 Å². The molecule has 0 spiro atoms. The Morgan fingerprint density at radius 3 is 2.22 bits per heavy atom. The fourth-order valence-electron chi connectivity index (χ4n) is 5.24. The van der Waals surface area contributed by atoms with E-state index in [1.165, 1.54) is 0 Å². The van der Waals surface area contributed by atoms with E-state index in [9.17, 15) is 9.59 Å². The molecule has 7 heteroatoms. The number of anilines is 1. The quantitative estimate of drug-likeness (QED) is 0.126. The molecule has 270 valence electrons. The first-order chi connectivity index (χ1) is 23.2. The van der Waals surface area contributed by atoms with Gasteiger partial charge in [0.15, 0.2) is 0 Å². The molecule has 0 saturated carbocycles. The predicted octanol–water partition coefficient (Wildman–Crippen LogP) is 10.2. The lowest BCUT2D eigenvalue weighted by molar-refractivity contribution is -0.114. The van der Waals surface area contributed by atoms with Gasteiger partial charge < -0.3 is 24.6 Å². The van der Waals surface area contributed by atoms with E-state index in [0.717, 1.165) is 59.5 Å². The van der Waals surface area contributed by atoms with Crippen LogP contribution in [-0.4, -0.2) is 49.2 Å². The van der Waals surface area contributed by atoms with Gasteiger partial charge in [0.25, 0.3) is 5.91 Å². The minimum absolute atomic E-state index is 0.000405. The topological polar surface area (TPSA) is 71.1 Å². The zero-order valence-corrected chi connectivity index (χ0v) is 32.2. The zero-order chi connectivity index (χ0) is 36.6. The van der Waals surface area contributed by atoms with Crippen molar-refractivity contribution < 1.29 is 19.1 Å². The van der Waals surface area contributed by atoms with Crippen LogP contribution in [0.5, 0.6) is 0 Å². The second kappa shape index (κ2) is 20.6. The highest BCUT2D eigenvalue weighted by molar-refractivity contribution is 6.08. The SMILES string of the molecule is CCN/C(C)=C/C(C)=C(\C=C(\C)CC)C(=O)N(CCC(C)CC)c1cccc(COC(CCN(C)C(=O)OC(C)(C)C)c2ccccc2)c1. The first-order valence-corrected chi connectivity index (χ1v) is 18.0. The summed E-state index contributed by atoms with van der Waals surface area (Å²) in [6.07, 6.45) is 6.97. The fourth-order valence-corrected chi connectivity index (χ4v) is 5.24. The summed E-state index contributed by atoms with van der Waals surface area (Å²) >= 11 is 0. The van der Waals surface area contributed by atoms with Gasteiger partial charge in [0.2, 0.25) is 0 Å². The molecule has 49 heavy (non-hydrogen) atoms. The molecule has 0 bridgehead atoms. The maximum atomic E-state index is 14.5. The van der Waals surface area contributed by atoms with E-state index < -0.39 is 5.60 Å². The molecule has 0 aliphatic heterocycles. The van der Waals surface area contributed by atoms with Gasteiger partial charge >= 0.3 is 6.09 Å². The van der Waals surface area contributed by atoms with Crippen LogP contribution < -0.4 is 10.2 Å². The van der Waals surface area contributed by atoms with Crippen LogP contribution in [0.1, 0.15) is 112 Å². The maximum absolute atomic E-state index is 14.5. The molecule has 2 atom stereocenters. The minimum atomic E-state index is -0.558. The average Bonchev–Trinajstić information content (AvgIpc) is 3.06. The molecular weight excluding hydrogens is 610 g/mol. The van der Waals surface area contributed by atoms with Gasteiger partial charge in [-0.05, 0) is 109 Å². The molecule has 7 nitrogen and oxygen atoms in total. The number of nitrogens with one attached hydrogen (secondary N) is 1. The van der Waals surface area contributed by atoms with Gasteiger partial charge in [-0.1, -0.05) is 81.3 Å². The number of carbonyl (C=O) groups excluding carboxylic acids is 2. The molecule has 2 amide bonds. The van der Waals surface area contributed by atoms with Crippen molar-refractivity contribution in [3.8, 4) is 0 Å². The van der Waals surface area contributed by atoms with Crippen LogP contribution >= 0.6 is 0 Å². The summed E-state index contributed by atoms with van der Waals surface area (Å²) in [6, 6.07) is 18.2. The standard InChI is InChI=1S/C42H63N3O4/c1-12-31(4)23-26-45(40(46)38(27-32(5)13-2)33(6)28-34(7)43-14-3)37-22-18-19-35(29-37)30-48-39(36-20-16-15-17-21-36)24-25-44(11)41(47)49-42(8,9)10/h15-22,27-29,31,39,43H,12-14,23-26,30H2,1-11H3/b32-27-,34-28+,38-33+. The van der Waals surface area contributed by atoms with Crippen LogP contribution in [0.4, 0.5) is 10.5 Å². The lowest BCUT2D eigenvalue weighted by atomic mass is 10.0. The summed E-state index contributed by atoms with van der Waals surface area (Å²) in [6.45, 7) is 22.6. The third kappa shape index (κ3) is 14.7. The number of amides is 2. The van der Waals surface area contributed by atoms with Gasteiger partial charge in [-0.25, -0.2) is 4.79 Å². The molecule has 2 aromatic rings. The lowest BCUT2D eigenvalue weighted by Crippen LogP contribution is -2.35. The Kier molecular flexibility index (Phi) is 17.4. The molecule has 0 aromatic heterocycles. The fraction of sp³-hybridized carbons (Fsp3) is 0.524. The van der Waals surface area contributed by atoms with Gasteiger partial charge in [0.05, 0.1) is 12.7 Å². The third-order valence-corrected chi connectivity index (χ3v) is 8.56. The monoisotopic (exact) mass is 673 g/mol. The van der Waals surface area contributed by atoms with Crippen molar-refractivity contribution in [2.45, 2.75) is 113 Å². The molecule has 0 aliphatic carbocycles. The smallest absolute Gasteiger partial charge is 0.410 e. The number of carbonyl (C=O) groups is 2. The average molecular weight is 674 g/mol. The molecule has 0 heterocycles. The summed E-state index contributed by atoms with van der Waals surface area (Å²) in [5, 5.41) is 3.36. The molecule has 0 saturated heterocycles. The van der Waals surface area contributed by atoms with Crippen LogP contribution in [-0.2, 0) is 20.9 Å². The molecule has 2 aromatic carbocycles. The van der Waals surface area contributed by atoms with Crippen molar-refractivity contribution in [2.24, 2.45) is 5.92 Å². The van der Waals surface area contributed by atoms with Crippen molar-refractivity contribution in [3.05, 3.63) is 100 Å². The number of hydrogen-bond acceptors (Lipinski definition) is 5. The van der Waals surface area contributed by atoms with Crippen LogP contribution in [0, 0.1) is 5.92 Å². The largest absolute Gasteiger partial charge is 0.444 e. The Morgan fingerprint density at radius 2 is 1.61 bits per heavy atom. The van der Waals surface area contributed by atoms with E-state index in [-0.39, 0.29) is 18.1 Å². The normalized spacial score (nSPS) is 14.1. The van der Waals surface area contributed by atoms with E-state index in [1.54, 1.807) is 11.9 Å². The molecule has 0 aliphatic rings. The van der Waals surface area contributed by atoms with Crippen molar-refractivity contribution in [3.63, 3.8) is 0 Å². The summed E-state index contributed by atoms with van der Waals surface area (Å²) < 4.78 is 12.1. The molecule has 0 radical (unpaired) electrons. The van der Waals surface area contributed by atoms with Crippen molar-refractivity contribution in [2.75, 3.05) is 31.6 Å². The summed E-state index contributed by atoms with van der Waals surface area (Å²) in [7, 11) is 1.75. The Balaban J connectivity index is 2.43. The second-order valence-corrected chi connectivity index (χ2v) is 14.1.